The smallest absolute Gasteiger partial charge is 0.269 e. The number of nitrogens with one attached hydrogen (secondary N) is 1. The maximum atomic E-state index is 11.5. The van der Waals surface area contributed by atoms with Crippen molar-refractivity contribution < 1.29 is 4.79 Å². The molecule has 0 aliphatic heterocycles. The molecule has 5 heteroatoms. The molecule has 0 bridgehead atoms. The van der Waals surface area contributed by atoms with E-state index in [2.05, 4.69) is 10.3 Å². The van der Waals surface area contributed by atoms with E-state index in [9.17, 15) is 4.79 Å². The molecule has 0 saturated heterocycles. The number of pyridine rings is 1. The lowest BCUT2D eigenvalue weighted by Crippen LogP contribution is -2.26. The average Bonchev–Trinajstić information content (AvgIpc) is 2.28. The lowest BCUT2D eigenvalue weighted by Gasteiger charge is -2.05. The number of aromatic nitrogens is 1. The quantitative estimate of drug-likeness (QED) is 0.811. The number of carbonyl (C=O) groups excluding carboxylic acids is 1. The Kier molecular flexibility index (Phi) is 4.74. The molecule has 0 saturated carbocycles. The number of amides is 1. The minimum atomic E-state index is -0.248. The molecule has 0 aliphatic carbocycles. The molecular formula is C11H12ClN3O. The number of halogens is 1. The second kappa shape index (κ2) is 6.09. The largest absolute Gasteiger partial charge is 0.351 e. The van der Waals surface area contributed by atoms with Crippen molar-refractivity contribution in [3.63, 3.8) is 0 Å². The highest BCUT2D eigenvalue weighted by Gasteiger charge is 2.06. The number of carbonyl (C=O) groups is 1. The Balaban J connectivity index is 2.50. The van der Waals surface area contributed by atoms with Gasteiger partial charge in [0.15, 0.2) is 0 Å². The van der Waals surface area contributed by atoms with E-state index in [1.54, 1.807) is 6.07 Å². The van der Waals surface area contributed by atoms with Gasteiger partial charge in [0.25, 0.3) is 5.91 Å². The first-order valence-electron chi connectivity index (χ1n) is 4.92. The van der Waals surface area contributed by atoms with Gasteiger partial charge >= 0.3 is 0 Å². The minimum absolute atomic E-state index is 0.0363. The van der Waals surface area contributed by atoms with Gasteiger partial charge in [0, 0.05) is 18.1 Å². The summed E-state index contributed by atoms with van der Waals surface area (Å²) in [5, 5.41) is 11.3. The van der Waals surface area contributed by atoms with Crippen LogP contribution in [0.5, 0.6) is 0 Å². The Morgan fingerprint density at radius 2 is 2.44 bits per heavy atom. The van der Waals surface area contributed by atoms with Crippen LogP contribution >= 0.6 is 11.6 Å². The Morgan fingerprint density at radius 3 is 2.94 bits per heavy atom. The maximum Gasteiger partial charge on any atom is 0.269 e. The Morgan fingerprint density at radius 1 is 1.69 bits per heavy atom. The molecule has 0 aromatic carbocycles. The van der Waals surface area contributed by atoms with E-state index in [4.69, 9.17) is 16.9 Å². The van der Waals surface area contributed by atoms with Crippen molar-refractivity contribution >= 4 is 17.5 Å². The molecule has 1 rings (SSSR count). The monoisotopic (exact) mass is 237 g/mol. The highest BCUT2D eigenvalue weighted by molar-refractivity contribution is 6.20. The zero-order valence-electron chi connectivity index (χ0n) is 8.90. The van der Waals surface area contributed by atoms with Gasteiger partial charge in [0.1, 0.15) is 11.8 Å². The first-order valence-corrected chi connectivity index (χ1v) is 5.35. The summed E-state index contributed by atoms with van der Waals surface area (Å²) < 4.78 is 0. The van der Waals surface area contributed by atoms with Crippen molar-refractivity contribution in [1.29, 1.82) is 5.26 Å². The summed E-state index contributed by atoms with van der Waals surface area (Å²) in [4.78, 5) is 15.4. The van der Waals surface area contributed by atoms with E-state index in [-0.39, 0.29) is 11.3 Å². The molecule has 1 atom stereocenters. The summed E-state index contributed by atoms with van der Waals surface area (Å²) in [6.45, 7) is 2.39. The molecule has 0 spiro atoms. The topological polar surface area (TPSA) is 65.8 Å². The van der Waals surface area contributed by atoms with E-state index in [0.717, 1.165) is 0 Å². The van der Waals surface area contributed by atoms with E-state index >= 15 is 0 Å². The molecule has 1 aromatic rings. The fourth-order valence-corrected chi connectivity index (χ4v) is 1.18. The fourth-order valence-electron chi connectivity index (χ4n) is 1.07. The number of rotatable bonds is 4. The van der Waals surface area contributed by atoms with Crippen LogP contribution in [0.2, 0.25) is 0 Å². The van der Waals surface area contributed by atoms with Crippen LogP contribution in [0.3, 0.4) is 0 Å². The van der Waals surface area contributed by atoms with Gasteiger partial charge in [-0.05, 0) is 25.5 Å². The number of nitrogens with zero attached hydrogens (tertiary/aromatic N) is 2. The lowest BCUT2D eigenvalue weighted by molar-refractivity contribution is 0.0948. The van der Waals surface area contributed by atoms with Crippen LogP contribution < -0.4 is 5.32 Å². The Labute approximate surface area is 99.2 Å². The van der Waals surface area contributed by atoms with Gasteiger partial charge in [0.05, 0.1) is 5.56 Å². The third kappa shape index (κ3) is 3.87. The maximum absolute atomic E-state index is 11.5. The van der Waals surface area contributed by atoms with Crippen LogP contribution in [0.4, 0.5) is 0 Å². The van der Waals surface area contributed by atoms with Crippen LogP contribution in [0.1, 0.15) is 29.4 Å². The first kappa shape index (κ1) is 12.5. The summed E-state index contributed by atoms with van der Waals surface area (Å²) >= 11 is 5.74. The van der Waals surface area contributed by atoms with Gasteiger partial charge < -0.3 is 5.32 Å². The van der Waals surface area contributed by atoms with Crippen LogP contribution in [-0.2, 0) is 0 Å². The highest BCUT2D eigenvalue weighted by atomic mass is 35.5. The van der Waals surface area contributed by atoms with E-state index in [1.165, 1.54) is 12.3 Å². The molecule has 0 radical (unpaired) electrons. The SMILES string of the molecule is CC(Cl)CCNC(=O)c1ccc(C#N)cn1. The molecule has 0 fully saturated rings. The van der Waals surface area contributed by atoms with Crippen LogP contribution in [0.25, 0.3) is 0 Å². The summed E-state index contributed by atoms with van der Waals surface area (Å²) in [7, 11) is 0. The summed E-state index contributed by atoms with van der Waals surface area (Å²) in [5.74, 6) is -0.248. The van der Waals surface area contributed by atoms with Crippen molar-refractivity contribution in [2.45, 2.75) is 18.7 Å². The van der Waals surface area contributed by atoms with Crippen LogP contribution in [-0.4, -0.2) is 22.8 Å². The van der Waals surface area contributed by atoms with E-state index < -0.39 is 0 Å². The van der Waals surface area contributed by atoms with Crippen molar-refractivity contribution in [1.82, 2.24) is 10.3 Å². The standard InChI is InChI=1S/C11H12ClN3O/c1-8(12)4-5-14-11(16)10-3-2-9(6-13)7-15-10/h2-3,7-8H,4-5H2,1H3,(H,14,16). The van der Waals surface area contributed by atoms with Gasteiger partial charge in [-0.1, -0.05) is 0 Å². The zero-order chi connectivity index (χ0) is 12.0. The molecule has 1 amide bonds. The molecule has 1 unspecified atom stereocenters. The molecule has 16 heavy (non-hydrogen) atoms. The molecular weight excluding hydrogens is 226 g/mol. The summed E-state index contributed by atoms with van der Waals surface area (Å²) in [6.07, 6.45) is 2.09. The number of alkyl halides is 1. The minimum Gasteiger partial charge on any atom is -0.351 e. The number of nitriles is 1. The van der Waals surface area contributed by atoms with E-state index in [1.807, 2.05) is 13.0 Å². The van der Waals surface area contributed by atoms with Gasteiger partial charge in [-0.2, -0.15) is 5.26 Å². The Bertz CT molecular complexity index is 395. The zero-order valence-corrected chi connectivity index (χ0v) is 9.66. The number of hydrogen-bond donors (Lipinski definition) is 1. The van der Waals surface area contributed by atoms with Gasteiger partial charge in [-0.15, -0.1) is 11.6 Å². The molecule has 0 aliphatic rings. The van der Waals surface area contributed by atoms with Crippen LogP contribution in [0.15, 0.2) is 18.3 Å². The lowest BCUT2D eigenvalue weighted by atomic mass is 10.2. The van der Waals surface area contributed by atoms with Gasteiger partial charge in [-0.3, -0.25) is 4.79 Å². The summed E-state index contributed by atoms with van der Waals surface area (Å²) in [5.41, 5.74) is 0.743. The summed E-state index contributed by atoms with van der Waals surface area (Å²) in [6, 6.07) is 5.03. The van der Waals surface area contributed by atoms with E-state index in [0.29, 0.717) is 24.2 Å². The number of hydrogen-bond acceptors (Lipinski definition) is 3. The highest BCUT2D eigenvalue weighted by Crippen LogP contribution is 2.00. The predicted octanol–water partition coefficient (Wildman–Crippen LogP) is 1.70. The predicted molar refractivity (Wildman–Crippen MR) is 61.2 cm³/mol. The molecule has 1 heterocycles. The van der Waals surface area contributed by atoms with Crippen molar-refractivity contribution in [2.24, 2.45) is 0 Å². The van der Waals surface area contributed by atoms with Gasteiger partial charge in [-0.25, -0.2) is 4.98 Å². The van der Waals surface area contributed by atoms with Crippen molar-refractivity contribution in [3.8, 4) is 6.07 Å². The average molecular weight is 238 g/mol. The molecule has 4 nitrogen and oxygen atoms in total. The van der Waals surface area contributed by atoms with Crippen molar-refractivity contribution in [2.75, 3.05) is 6.54 Å². The van der Waals surface area contributed by atoms with Crippen molar-refractivity contribution in [3.05, 3.63) is 29.6 Å². The second-order valence-electron chi connectivity index (χ2n) is 3.37. The normalized spacial score (nSPS) is 11.6. The first-order chi connectivity index (χ1) is 7.63. The third-order valence-corrected chi connectivity index (χ3v) is 2.17. The molecule has 1 N–H and O–H groups in total. The van der Waals surface area contributed by atoms with Gasteiger partial charge in [0.2, 0.25) is 0 Å². The fraction of sp³-hybridized carbons (Fsp3) is 0.364. The third-order valence-electron chi connectivity index (χ3n) is 1.95. The van der Waals surface area contributed by atoms with Crippen LogP contribution in [0, 0.1) is 11.3 Å². The molecule has 84 valence electrons. The Hall–Kier alpha value is -1.60. The second-order valence-corrected chi connectivity index (χ2v) is 4.11. The molecule has 1 aromatic heterocycles.